The van der Waals surface area contributed by atoms with E-state index in [-0.39, 0.29) is 6.29 Å². The first kappa shape index (κ1) is 11.2. The summed E-state index contributed by atoms with van der Waals surface area (Å²) in [6.45, 7) is 4.35. The first-order valence-electron chi connectivity index (χ1n) is 5.47. The van der Waals surface area contributed by atoms with E-state index in [1.165, 1.54) is 0 Å². The Bertz CT molecular complexity index is 303. The van der Waals surface area contributed by atoms with E-state index >= 15 is 0 Å². The lowest BCUT2D eigenvalue weighted by atomic mass is 10.3. The molecule has 4 heteroatoms. The van der Waals surface area contributed by atoms with Crippen LogP contribution in [-0.4, -0.2) is 32.7 Å². The van der Waals surface area contributed by atoms with Crippen LogP contribution in [0.25, 0.3) is 0 Å². The number of hydrogen-bond acceptors (Lipinski definition) is 4. The molecule has 1 heterocycles. The van der Waals surface area contributed by atoms with Crippen molar-refractivity contribution in [1.82, 2.24) is 0 Å². The fourth-order valence-electron chi connectivity index (χ4n) is 1.47. The van der Waals surface area contributed by atoms with Gasteiger partial charge in [-0.05, 0) is 31.2 Å². The van der Waals surface area contributed by atoms with Gasteiger partial charge < -0.3 is 18.9 Å². The Labute approximate surface area is 95.1 Å². The molecule has 0 bridgehead atoms. The highest BCUT2D eigenvalue weighted by molar-refractivity contribution is 5.31. The Morgan fingerprint density at radius 3 is 2.19 bits per heavy atom. The fraction of sp³-hybridized carbons (Fsp3) is 0.500. The van der Waals surface area contributed by atoms with Crippen LogP contribution in [0, 0.1) is 0 Å². The smallest absolute Gasteiger partial charge is 0.191 e. The predicted molar refractivity (Wildman–Crippen MR) is 58.8 cm³/mol. The van der Waals surface area contributed by atoms with E-state index in [4.69, 9.17) is 18.9 Å². The standard InChI is InChI=1S/C12H16O4/c1-2-13-10-3-5-11(6-4-10)16-9-12-14-7-8-15-12/h3-6,12H,2,7-9H2,1H3. The van der Waals surface area contributed by atoms with E-state index in [1.807, 2.05) is 31.2 Å². The minimum atomic E-state index is -0.230. The Kier molecular flexibility index (Phi) is 4.02. The van der Waals surface area contributed by atoms with Crippen LogP contribution in [0.1, 0.15) is 6.92 Å². The van der Waals surface area contributed by atoms with Gasteiger partial charge in [0, 0.05) is 0 Å². The molecule has 1 fully saturated rings. The van der Waals surface area contributed by atoms with Crippen LogP contribution in [0.4, 0.5) is 0 Å². The molecule has 2 rings (SSSR count). The SMILES string of the molecule is CCOc1ccc(OCC2OCCO2)cc1. The number of ether oxygens (including phenoxy) is 4. The molecule has 0 amide bonds. The Morgan fingerprint density at radius 1 is 1.06 bits per heavy atom. The summed E-state index contributed by atoms with van der Waals surface area (Å²) in [6.07, 6.45) is -0.230. The van der Waals surface area contributed by atoms with E-state index in [0.29, 0.717) is 26.4 Å². The van der Waals surface area contributed by atoms with Crippen molar-refractivity contribution >= 4 is 0 Å². The van der Waals surface area contributed by atoms with E-state index < -0.39 is 0 Å². The van der Waals surface area contributed by atoms with Gasteiger partial charge in [-0.25, -0.2) is 0 Å². The number of hydrogen-bond donors (Lipinski definition) is 0. The quantitative estimate of drug-likeness (QED) is 0.764. The summed E-state index contributed by atoms with van der Waals surface area (Å²) in [5, 5.41) is 0. The largest absolute Gasteiger partial charge is 0.494 e. The highest BCUT2D eigenvalue weighted by Crippen LogP contribution is 2.18. The lowest BCUT2D eigenvalue weighted by Gasteiger charge is -2.11. The molecule has 1 aromatic carbocycles. The van der Waals surface area contributed by atoms with E-state index in [0.717, 1.165) is 11.5 Å². The zero-order valence-corrected chi connectivity index (χ0v) is 9.35. The zero-order chi connectivity index (χ0) is 11.2. The van der Waals surface area contributed by atoms with Crippen LogP contribution in [0.2, 0.25) is 0 Å². The molecule has 0 spiro atoms. The summed E-state index contributed by atoms with van der Waals surface area (Å²) in [4.78, 5) is 0. The van der Waals surface area contributed by atoms with Crippen molar-refractivity contribution in [3.05, 3.63) is 24.3 Å². The van der Waals surface area contributed by atoms with Crippen LogP contribution in [-0.2, 0) is 9.47 Å². The fourth-order valence-corrected chi connectivity index (χ4v) is 1.47. The van der Waals surface area contributed by atoms with Gasteiger partial charge in [-0.2, -0.15) is 0 Å². The van der Waals surface area contributed by atoms with Crippen molar-refractivity contribution in [2.45, 2.75) is 13.2 Å². The maximum absolute atomic E-state index is 5.52. The molecule has 1 aromatic rings. The highest BCUT2D eigenvalue weighted by Gasteiger charge is 2.16. The topological polar surface area (TPSA) is 36.9 Å². The lowest BCUT2D eigenvalue weighted by Crippen LogP contribution is -2.18. The highest BCUT2D eigenvalue weighted by atomic mass is 16.7. The van der Waals surface area contributed by atoms with Gasteiger partial charge in [-0.15, -0.1) is 0 Å². The molecule has 1 saturated heterocycles. The molecule has 0 N–H and O–H groups in total. The molecule has 0 saturated carbocycles. The third-order valence-corrected chi connectivity index (χ3v) is 2.21. The van der Waals surface area contributed by atoms with Crippen LogP contribution in [0.15, 0.2) is 24.3 Å². The van der Waals surface area contributed by atoms with Gasteiger partial charge in [0.1, 0.15) is 18.1 Å². The average molecular weight is 224 g/mol. The monoisotopic (exact) mass is 224 g/mol. The third-order valence-electron chi connectivity index (χ3n) is 2.21. The van der Waals surface area contributed by atoms with Gasteiger partial charge in [0.05, 0.1) is 19.8 Å². The second kappa shape index (κ2) is 5.72. The molecule has 0 atom stereocenters. The normalized spacial score (nSPS) is 16.3. The van der Waals surface area contributed by atoms with Gasteiger partial charge in [0.15, 0.2) is 6.29 Å². The van der Waals surface area contributed by atoms with Crippen LogP contribution in [0.5, 0.6) is 11.5 Å². The molecule has 0 aliphatic carbocycles. The second-order valence-electron chi connectivity index (χ2n) is 3.39. The average Bonchev–Trinajstić information content (AvgIpc) is 2.82. The maximum atomic E-state index is 5.52. The van der Waals surface area contributed by atoms with Crippen LogP contribution < -0.4 is 9.47 Å². The minimum Gasteiger partial charge on any atom is -0.494 e. The van der Waals surface area contributed by atoms with Crippen LogP contribution >= 0.6 is 0 Å². The molecule has 4 nitrogen and oxygen atoms in total. The Balaban J connectivity index is 1.80. The third kappa shape index (κ3) is 3.12. The predicted octanol–water partition coefficient (Wildman–Crippen LogP) is 1.84. The van der Waals surface area contributed by atoms with Gasteiger partial charge in [-0.1, -0.05) is 0 Å². The van der Waals surface area contributed by atoms with Gasteiger partial charge in [-0.3, -0.25) is 0 Å². The first-order valence-corrected chi connectivity index (χ1v) is 5.47. The van der Waals surface area contributed by atoms with Gasteiger partial charge in [0.2, 0.25) is 0 Å². The summed E-state index contributed by atoms with van der Waals surface area (Å²) >= 11 is 0. The van der Waals surface area contributed by atoms with Crippen molar-refractivity contribution in [1.29, 1.82) is 0 Å². The van der Waals surface area contributed by atoms with Gasteiger partial charge >= 0.3 is 0 Å². The molecule has 0 unspecified atom stereocenters. The molecule has 1 aliphatic rings. The summed E-state index contributed by atoms with van der Waals surface area (Å²) in [5.41, 5.74) is 0. The molecule has 88 valence electrons. The van der Waals surface area contributed by atoms with Crippen molar-refractivity contribution in [3.8, 4) is 11.5 Å². The summed E-state index contributed by atoms with van der Waals surface area (Å²) in [7, 11) is 0. The summed E-state index contributed by atoms with van der Waals surface area (Å²) in [5.74, 6) is 1.64. The second-order valence-corrected chi connectivity index (χ2v) is 3.39. The summed E-state index contributed by atoms with van der Waals surface area (Å²) < 4.78 is 21.4. The van der Waals surface area contributed by atoms with Crippen molar-refractivity contribution in [2.24, 2.45) is 0 Å². The lowest BCUT2D eigenvalue weighted by molar-refractivity contribution is -0.0684. The Hall–Kier alpha value is -1.26. The number of rotatable bonds is 5. The molecule has 1 aliphatic heterocycles. The van der Waals surface area contributed by atoms with E-state index in [9.17, 15) is 0 Å². The maximum Gasteiger partial charge on any atom is 0.191 e. The summed E-state index contributed by atoms with van der Waals surface area (Å²) in [6, 6.07) is 7.52. The number of benzene rings is 1. The van der Waals surface area contributed by atoms with E-state index in [1.54, 1.807) is 0 Å². The minimum absolute atomic E-state index is 0.230. The van der Waals surface area contributed by atoms with Crippen molar-refractivity contribution < 1.29 is 18.9 Å². The molecule has 0 radical (unpaired) electrons. The first-order chi connectivity index (χ1) is 7.88. The van der Waals surface area contributed by atoms with Crippen LogP contribution in [0.3, 0.4) is 0 Å². The molecular formula is C12H16O4. The van der Waals surface area contributed by atoms with Crippen molar-refractivity contribution in [3.63, 3.8) is 0 Å². The molecule has 0 aromatic heterocycles. The van der Waals surface area contributed by atoms with Gasteiger partial charge in [0.25, 0.3) is 0 Å². The molecule has 16 heavy (non-hydrogen) atoms. The zero-order valence-electron chi connectivity index (χ0n) is 9.35. The Morgan fingerprint density at radius 2 is 1.62 bits per heavy atom. The van der Waals surface area contributed by atoms with Crippen molar-refractivity contribution in [2.75, 3.05) is 26.4 Å². The van der Waals surface area contributed by atoms with E-state index in [2.05, 4.69) is 0 Å². The molecular weight excluding hydrogens is 208 g/mol.